The van der Waals surface area contributed by atoms with Crippen molar-refractivity contribution in [2.24, 2.45) is 5.92 Å². The van der Waals surface area contributed by atoms with Crippen LogP contribution in [0.15, 0.2) is 58.7 Å². The summed E-state index contributed by atoms with van der Waals surface area (Å²) in [5, 5.41) is 28.6. The number of carbonyl (C=O) groups excluding carboxylic acids is 3. The second-order valence-electron chi connectivity index (χ2n) is 8.34. The summed E-state index contributed by atoms with van der Waals surface area (Å²) in [5.74, 6) is -2.85. The van der Waals surface area contributed by atoms with E-state index in [1.54, 1.807) is 13.0 Å². The third-order valence-electron chi connectivity index (χ3n) is 5.76. The summed E-state index contributed by atoms with van der Waals surface area (Å²) in [6.45, 7) is 7.55. The van der Waals surface area contributed by atoms with E-state index in [2.05, 4.69) is 6.58 Å². The third-order valence-corrected chi connectivity index (χ3v) is 5.76. The molecule has 9 heteroatoms. The van der Waals surface area contributed by atoms with E-state index in [1.807, 2.05) is 13.0 Å². The van der Waals surface area contributed by atoms with Crippen molar-refractivity contribution in [1.29, 1.82) is 0 Å². The van der Waals surface area contributed by atoms with Crippen LogP contribution in [0, 0.1) is 5.92 Å². The molecular weight excluding hydrogens is 444 g/mol. The van der Waals surface area contributed by atoms with E-state index in [0.717, 1.165) is 5.57 Å². The van der Waals surface area contributed by atoms with Crippen LogP contribution in [0.4, 0.5) is 0 Å². The summed E-state index contributed by atoms with van der Waals surface area (Å²) in [7, 11) is 0. The van der Waals surface area contributed by atoms with Crippen molar-refractivity contribution in [1.82, 2.24) is 0 Å². The van der Waals surface area contributed by atoms with Gasteiger partial charge in [0.15, 0.2) is 0 Å². The zero-order valence-corrected chi connectivity index (χ0v) is 19.7. The zero-order valence-electron chi connectivity index (χ0n) is 19.7. The molecule has 0 amide bonds. The van der Waals surface area contributed by atoms with Crippen molar-refractivity contribution in [3.05, 3.63) is 58.7 Å². The first kappa shape index (κ1) is 27.2. The van der Waals surface area contributed by atoms with Gasteiger partial charge in [0.25, 0.3) is 0 Å². The molecule has 9 nitrogen and oxygen atoms in total. The highest BCUT2D eigenvalue weighted by atomic mass is 16.6. The molecule has 0 radical (unpaired) electrons. The lowest BCUT2D eigenvalue weighted by molar-refractivity contribution is -0.148. The third kappa shape index (κ3) is 6.99. The Hall–Kier alpha value is -3.01. The fourth-order valence-corrected chi connectivity index (χ4v) is 3.69. The van der Waals surface area contributed by atoms with Crippen molar-refractivity contribution < 1.29 is 43.9 Å². The number of ether oxygens (including phenoxy) is 3. The van der Waals surface area contributed by atoms with E-state index >= 15 is 0 Å². The summed E-state index contributed by atoms with van der Waals surface area (Å²) in [5.41, 5.74) is 1.69. The Morgan fingerprint density at radius 1 is 1.21 bits per heavy atom. The van der Waals surface area contributed by atoms with Crippen LogP contribution < -0.4 is 0 Å². The average molecular weight is 477 g/mol. The number of hydrogen-bond acceptors (Lipinski definition) is 9. The number of carbonyl (C=O) groups is 3. The van der Waals surface area contributed by atoms with E-state index in [0.29, 0.717) is 12.0 Å². The van der Waals surface area contributed by atoms with Crippen molar-refractivity contribution in [2.75, 3.05) is 19.8 Å². The summed E-state index contributed by atoms with van der Waals surface area (Å²) >= 11 is 0. The molecule has 2 aliphatic rings. The molecule has 2 rings (SSSR count). The molecule has 186 valence electrons. The second-order valence-corrected chi connectivity index (χ2v) is 8.34. The maximum atomic E-state index is 13.0. The van der Waals surface area contributed by atoms with Gasteiger partial charge in [0, 0.05) is 17.6 Å². The van der Waals surface area contributed by atoms with Crippen LogP contribution in [0.1, 0.15) is 33.6 Å². The van der Waals surface area contributed by atoms with Crippen LogP contribution in [-0.2, 0) is 28.6 Å². The first-order valence-corrected chi connectivity index (χ1v) is 11.0. The largest absolute Gasteiger partial charge is 0.458 e. The Labute approximate surface area is 198 Å². The predicted octanol–water partition coefficient (Wildman–Crippen LogP) is 1.44. The van der Waals surface area contributed by atoms with Gasteiger partial charge in [0.1, 0.15) is 18.8 Å². The molecule has 1 saturated heterocycles. The molecule has 34 heavy (non-hydrogen) atoms. The first-order valence-electron chi connectivity index (χ1n) is 11.0. The number of esters is 3. The minimum atomic E-state index is -0.833. The van der Waals surface area contributed by atoms with Crippen LogP contribution in [0.25, 0.3) is 0 Å². The van der Waals surface area contributed by atoms with Crippen molar-refractivity contribution in [3.8, 4) is 0 Å². The topological polar surface area (TPSA) is 140 Å². The van der Waals surface area contributed by atoms with E-state index < -0.39 is 55.4 Å². The van der Waals surface area contributed by atoms with Gasteiger partial charge in [-0.05, 0) is 51.0 Å². The fourth-order valence-electron chi connectivity index (χ4n) is 3.69. The standard InChI is InChI=1S/C25H32O9/c1-14-5-6-19(28)16(3)12-21-22(17(4)24(30)33-21)20(11-14)34-25(31)18(8-10-27)13-32-23(29)15(2)7-9-26/h5,7-8,12,19-22,26-28H,4,6,9-11,13H2,1-3H3/b14-5+,15-7+,16-12-,18-8+/t19-,20-,21+,22-/m1/s1. The molecule has 0 aromatic carbocycles. The van der Waals surface area contributed by atoms with Crippen molar-refractivity contribution in [3.63, 3.8) is 0 Å². The van der Waals surface area contributed by atoms with Crippen LogP contribution in [0.5, 0.6) is 0 Å². The van der Waals surface area contributed by atoms with Crippen LogP contribution >= 0.6 is 0 Å². The van der Waals surface area contributed by atoms with E-state index in [-0.39, 0.29) is 29.7 Å². The molecule has 1 aliphatic carbocycles. The van der Waals surface area contributed by atoms with Gasteiger partial charge >= 0.3 is 17.9 Å². The van der Waals surface area contributed by atoms with Crippen LogP contribution in [0.3, 0.4) is 0 Å². The molecule has 0 bridgehead atoms. The highest BCUT2D eigenvalue weighted by Crippen LogP contribution is 2.36. The molecule has 1 heterocycles. The predicted molar refractivity (Wildman–Crippen MR) is 122 cm³/mol. The van der Waals surface area contributed by atoms with Gasteiger partial charge in [-0.2, -0.15) is 0 Å². The van der Waals surface area contributed by atoms with E-state index in [1.165, 1.54) is 19.1 Å². The van der Waals surface area contributed by atoms with Gasteiger partial charge in [-0.3, -0.25) is 0 Å². The first-order chi connectivity index (χ1) is 16.1. The Balaban J connectivity index is 2.29. The maximum absolute atomic E-state index is 13.0. The molecule has 0 unspecified atom stereocenters. The summed E-state index contributed by atoms with van der Waals surface area (Å²) in [6, 6.07) is 0. The van der Waals surface area contributed by atoms with Crippen LogP contribution in [-0.4, -0.2) is 71.4 Å². The molecule has 0 aromatic rings. The SMILES string of the molecule is C=C1C(=O)O[C@H]2/C=C(/C)[C@H](O)C/C=C(\C)C[C@@H](OC(=O)/C(=C/CO)COC(=O)/C(C)=C/CO)[C@@H]12. The van der Waals surface area contributed by atoms with Gasteiger partial charge in [0.2, 0.25) is 0 Å². The lowest BCUT2D eigenvalue weighted by atomic mass is 9.85. The van der Waals surface area contributed by atoms with E-state index in [4.69, 9.17) is 19.3 Å². The highest BCUT2D eigenvalue weighted by molar-refractivity contribution is 5.93. The number of rotatable bonds is 7. The lowest BCUT2D eigenvalue weighted by Gasteiger charge is -2.28. The number of aliphatic hydroxyl groups is 3. The van der Waals surface area contributed by atoms with Crippen molar-refractivity contribution in [2.45, 2.75) is 51.9 Å². The smallest absolute Gasteiger partial charge is 0.337 e. The second kappa shape index (κ2) is 12.5. The van der Waals surface area contributed by atoms with E-state index in [9.17, 15) is 24.6 Å². The van der Waals surface area contributed by atoms with Crippen molar-refractivity contribution >= 4 is 17.9 Å². The molecule has 0 saturated carbocycles. The number of fused-ring (bicyclic) bond motifs is 1. The van der Waals surface area contributed by atoms with Gasteiger partial charge in [-0.1, -0.05) is 18.2 Å². The Morgan fingerprint density at radius 2 is 1.88 bits per heavy atom. The normalized spacial score (nSPS) is 29.2. The highest BCUT2D eigenvalue weighted by Gasteiger charge is 2.44. The van der Waals surface area contributed by atoms with Crippen LogP contribution in [0.2, 0.25) is 0 Å². The molecular formula is C25H32O9. The lowest BCUT2D eigenvalue weighted by Crippen LogP contribution is -2.34. The molecule has 3 N–H and O–H groups in total. The Kier molecular flexibility index (Phi) is 9.97. The zero-order chi connectivity index (χ0) is 25.4. The summed E-state index contributed by atoms with van der Waals surface area (Å²) < 4.78 is 16.3. The molecule has 1 fully saturated rings. The summed E-state index contributed by atoms with van der Waals surface area (Å²) in [6.07, 6.45) is 4.19. The number of hydrogen-bond donors (Lipinski definition) is 3. The fraction of sp³-hybridized carbons (Fsp3) is 0.480. The monoisotopic (exact) mass is 476 g/mol. The molecule has 0 aromatic heterocycles. The Morgan fingerprint density at radius 3 is 2.53 bits per heavy atom. The van der Waals surface area contributed by atoms with Gasteiger partial charge in [-0.25, -0.2) is 14.4 Å². The van der Waals surface area contributed by atoms with Gasteiger partial charge in [0.05, 0.1) is 30.8 Å². The Bertz CT molecular complexity index is 938. The number of aliphatic hydroxyl groups excluding tert-OH is 3. The van der Waals surface area contributed by atoms with Gasteiger partial charge in [-0.15, -0.1) is 0 Å². The summed E-state index contributed by atoms with van der Waals surface area (Å²) in [4.78, 5) is 37.3. The minimum absolute atomic E-state index is 0.0825. The minimum Gasteiger partial charge on any atom is -0.458 e. The van der Waals surface area contributed by atoms with Gasteiger partial charge < -0.3 is 29.5 Å². The average Bonchev–Trinajstić information content (AvgIpc) is 3.06. The molecule has 4 atom stereocenters. The maximum Gasteiger partial charge on any atom is 0.337 e. The quantitative estimate of drug-likeness (QED) is 0.215. The molecule has 1 aliphatic heterocycles. The molecule has 0 spiro atoms.